The van der Waals surface area contributed by atoms with Crippen LogP contribution in [0, 0.1) is 39.5 Å². The molecular weight excluding hydrogens is 411 g/mol. The van der Waals surface area contributed by atoms with E-state index in [1.54, 1.807) is 0 Å². The van der Waals surface area contributed by atoms with Gasteiger partial charge in [-0.25, -0.2) is 0 Å². The van der Waals surface area contributed by atoms with Gasteiger partial charge in [-0.05, 0) is 94.1 Å². The first-order valence-corrected chi connectivity index (χ1v) is 11.0. The van der Waals surface area contributed by atoms with Gasteiger partial charge >= 0.3 is 0 Å². The van der Waals surface area contributed by atoms with Gasteiger partial charge in [0, 0.05) is 13.1 Å². The zero-order valence-electron chi connectivity index (χ0n) is 19.1. The zero-order chi connectivity index (χ0) is 19.9. The number of hydrogen-bond acceptors (Lipinski definition) is 2. The molecule has 2 N–H and O–H groups in total. The molecular formula is C26H40Cl2N2. The lowest BCUT2D eigenvalue weighted by Crippen LogP contribution is -2.31. The van der Waals surface area contributed by atoms with E-state index in [4.69, 9.17) is 0 Å². The number of benzene rings is 2. The van der Waals surface area contributed by atoms with Crippen molar-refractivity contribution in [3.05, 3.63) is 69.8 Å². The predicted molar refractivity (Wildman–Crippen MR) is 135 cm³/mol. The lowest BCUT2D eigenvalue weighted by atomic mass is 9.81. The number of rotatable bonds is 8. The molecule has 1 fully saturated rings. The molecule has 1 aliphatic rings. The fourth-order valence-electron chi connectivity index (χ4n) is 4.68. The van der Waals surface area contributed by atoms with Crippen LogP contribution in [0.15, 0.2) is 36.4 Å². The van der Waals surface area contributed by atoms with Crippen LogP contribution in [0.2, 0.25) is 0 Å². The van der Waals surface area contributed by atoms with Crippen molar-refractivity contribution in [3.63, 3.8) is 0 Å². The van der Waals surface area contributed by atoms with Gasteiger partial charge in [-0.1, -0.05) is 53.9 Å². The molecule has 0 aliphatic heterocycles. The van der Waals surface area contributed by atoms with E-state index in [1.807, 2.05) is 0 Å². The molecule has 2 nitrogen and oxygen atoms in total. The Kier molecular flexibility index (Phi) is 12.0. The lowest BCUT2D eigenvalue weighted by molar-refractivity contribution is 0.252. The molecule has 0 saturated heterocycles. The molecule has 2 aromatic carbocycles. The van der Waals surface area contributed by atoms with E-state index in [1.165, 1.54) is 59.1 Å². The minimum absolute atomic E-state index is 0. The van der Waals surface area contributed by atoms with E-state index in [0.717, 1.165) is 38.0 Å². The summed E-state index contributed by atoms with van der Waals surface area (Å²) in [5, 5.41) is 7.45. The van der Waals surface area contributed by atoms with Crippen LogP contribution in [-0.4, -0.2) is 13.1 Å². The monoisotopic (exact) mass is 450 g/mol. The standard InChI is InChI=1S/C26H38N2.2ClH/c1-19-8-10-25(21(3)12-19)17-27-15-23-6-5-7-24(14-23)16-28-18-26-11-9-20(2)13-22(26)4;;/h8-13,23-24,27-28H,5-7,14-18H2,1-4H3;2*1H. The molecule has 2 unspecified atom stereocenters. The molecule has 2 atom stereocenters. The maximum Gasteiger partial charge on any atom is 0.0208 e. The Labute approximate surface area is 196 Å². The highest BCUT2D eigenvalue weighted by molar-refractivity contribution is 5.85. The normalized spacial score (nSPS) is 18.4. The fourth-order valence-corrected chi connectivity index (χ4v) is 4.68. The molecule has 2 aromatic rings. The van der Waals surface area contributed by atoms with Crippen molar-refractivity contribution in [2.45, 2.75) is 66.5 Å². The van der Waals surface area contributed by atoms with Gasteiger partial charge < -0.3 is 10.6 Å². The Hall–Kier alpha value is -1.06. The largest absolute Gasteiger partial charge is 0.312 e. The third kappa shape index (κ3) is 8.23. The van der Waals surface area contributed by atoms with Crippen LogP contribution >= 0.6 is 24.8 Å². The summed E-state index contributed by atoms with van der Waals surface area (Å²) in [6.45, 7) is 13.1. The molecule has 0 radical (unpaired) electrons. The maximum absolute atomic E-state index is 3.73. The maximum atomic E-state index is 3.73. The Morgan fingerprint density at radius 2 is 1.13 bits per heavy atom. The molecule has 0 bridgehead atoms. The van der Waals surface area contributed by atoms with Crippen molar-refractivity contribution >= 4 is 24.8 Å². The number of hydrogen-bond donors (Lipinski definition) is 2. The summed E-state index contributed by atoms with van der Waals surface area (Å²) in [6.07, 6.45) is 5.51. The second kappa shape index (κ2) is 13.4. The van der Waals surface area contributed by atoms with Crippen LogP contribution in [0.4, 0.5) is 0 Å². The Bertz CT molecular complexity index is 712. The van der Waals surface area contributed by atoms with E-state index in [-0.39, 0.29) is 24.8 Å². The molecule has 4 heteroatoms. The Morgan fingerprint density at radius 1 is 0.700 bits per heavy atom. The second-order valence-electron chi connectivity index (χ2n) is 9.02. The summed E-state index contributed by atoms with van der Waals surface area (Å²) in [5.74, 6) is 1.65. The van der Waals surface area contributed by atoms with E-state index < -0.39 is 0 Å². The first-order chi connectivity index (χ1) is 13.5. The number of nitrogens with one attached hydrogen (secondary N) is 2. The van der Waals surface area contributed by atoms with E-state index in [9.17, 15) is 0 Å². The fraction of sp³-hybridized carbons (Fsp3) is 0.538. The average molecular weight is 452 g/mol. The van der Waals surface area contributed by atoms with Gasteiger partial charge in [0.25, 0.3) is 0 Å². The first kappa shape index (κ1) is 27.0. The van der Waals surface area contributed by atoms with Crippen molar-refractivity contribution in [3.8, 4) is 0 Å². The van der Waals surface area contributed by atoms with Crippen molar-refractivity contribution in [2.24, 2.45) is 11.8 Å². The third-order valence-electron chi connectivity index (χ3n) is 6.38. The summed E-state index contributed by atoms with van der Waals surface area (Å²) in [4.78, 5) is 0. The van der Waals surface area contributed by atoms with E-state index in [2.05, 4.69) is 74.7 Å². The smallest absolute Gasteiger partial charge is 0.0208 e. The van der Waals surface area contributed by atoms with Crippen LogP contribution in [0.5, 0.6) is 0 Å². The number of aryl methyl sites for hydroxylation is 4. The van der Waals surface area contributed by atoms with Crippen molar-refractivity contribution < 1.29 is 0 Å². The molecule has 168 valence electrons. The SMILES string of the molecule is Cc1ccc(CNCC2CCCC(CNCc3ccc(C)cc3C)C2)c(C)c1.Cl.Cl. The molecule has 3 rings (SSSR count). The summed E-state index contributed by atoms with van der Waals surface area (Å²) < 4.78 is 0. The van der Waals surface area contributed by atoms with Gasteiger partial charge in [0.2, 0.25) is 0 Å². The highest BCUT2D eigenvalue weighted by Crippen LogP contribution is 2.28. The highest BCUT2D eigenvalue weighted by Gasteiger charge is 2.21. The van der Waals surface area contributed by atoms with E-state index >= 15 is 0 Å². The van der Waals surface area contributed by atoms with Crippen LogP contribution in [0.1, 0.15) is 59.1 Å². The predicted octanol–water partition coefficient (Wildman–Crippen LogP) is 6.45. The topological polar surface area (TPSA) is 24.1 Å². The summed E-state index contributed by atoms with van der Waals surface area (Å²) >= 11 is 0. The van der Waals surface area contributed by atoms with Gasteiger partial charge in [0.1, 0.15) is 0 Å². The molecule has 1 saturated carbocycles. The van der Waals surface area contributed by atoms with Gasteiger partial charge in [-0.2, -0.15) is 0 Å². The van der Waals surface area contributed by atoms with Gasteiger partial charge in [0.15, 0.2) is 0 Å². The van der Waals surface area contributed by atoms with Gasteiger partial charge in [0.05, 0.1) is 0 Å². The lowest BCUT2D eigenvalue weighted by Gasteiger charge is -2.29. The molecule has 0 heterocycles. The molecule has 0 aromatic heterocycles. The van der Waals surface area contributed by atoms with Gasteiger partial charge in [-0.3, -0.25) is 0 Å². The third-order valence-corrected chi connectivity index (χ3v) is 6.38. The molecule has 1 aliphatic carbocycles. The number of halogens is 2. The minimum atomic E-state index is 0. The van der Waals surface area contributed by atoms with Crippen molar-refractivity contribution in [1.82, 2.24) is 10.6 Å². The van der Waals surface area contributed by atoms with Crippen LogP contribution in [0.25, 0.3) is 0 Å². The zero-order valence-corrected chi connectivity index (χ0v) is 20.7. The second-order valence-corrected chi connectivity index (χ2v) is 9.02. The van der Waals surface area contributed by atoms with Crippen LogP contribution in [0.3, 0.4) is 0 Å². The quantitative estimate of drug-likeness (QED) is 0.482. The molecule has 30 heavy (non-hydrogen) atoms. The molecule has 0 amide bonds. The van der Waals surface area contributed by atoms with Crippen molar-refractivity contribution in [1.29, 1.82) is 0 Å². The van der Waals surface area contributed by atoms with Crippen LogP contribution < -0.4 is 10.6 Å². The highest BCUT2D eigenvalue weighted by atomic mass is 35.5. The minimum Gasteiger partial charge on any atom is -0.312 e. The Balaban J connectivity index is 0.00000225. The van der Waals surface area contributed by atoms with E-state index in [0.29, 0.717) is 0 Å². The Morgan fingerprint density at radius 3 is 1.53 bits per heavy atom. The summed E-state index contributed by atoms with van der Waals surface area (Å²) in [5.41, 5.74) is 8.39. The average Bonchev–Trinajstić information content (AvgIpc) is 2.66. The first-order valence-electron chi connectivity index (χ1n) is 11.0. The molecule has 0 spiro atoms. The summed E-state index contributed by atoms with van der Waals surface area (Å²) in [7, 11) is 0. The van der Waals surface area contributed by atoms with Crippen molar-refractivity contribution in [2.75, 3.05) is 13.1 Å². The van der Waals surface area contributed by atoms with Gasteiger partial charge in [-0.15, -0.1) is 24.8 Å². The summed E-state index contributed by atoms with van der Waals surface area (Å²) in [6, 6.07) is 13.6. The van der Waals surface area contributed by atoms with Crippen LogP contribution in [-0.2, 0) is 13.1 Å².